The molecule has 0 bridgehead atoms. The van der Waals surface area contributed by atoms with E-state index in [9.17, 15) is 9.59 Å². The van der Waals surface area contributed by atoms with E-state index < -0.39 is 0 Å². The van der Waals surface area contributed by atoms with E-state index in [0.717, 1.165) is 8.95 Å². The third-order valence-corrected chi connectivity index (χ3v) is 5.21. The Morgan fingerprint density at radius 3 is 2.77 bits per heavy atom. The molecule has 2 heterocycles. The zero-order chi connectivity index (χ0) is 15.9. The molecule has 0 atom stereocenters. The number of amides is 2. The van der Waals surface area contributed by atoms with Crippen LogP contribution in [-0.4, -0.2) is 22.7 Å². The monoisotopic (exact) mass is 443 g/mol. The number of carbonyl (C=O) groups is 2. The Morgan fingerprint density at radius 2 is 2.05 bits per heavy atom. The maximum atomic E-state index is 12.4. The molecule has 0 radical (unpaired) electrons. The first-order valence-electron chi connectivity index (χ1n) is 6.17. The van der Waals surface area contributed by atoms with Crippen LogP contribution in [0.15, 0.2) is 39.4 Å². The summed E-state index contributed by atoms with van der Waals surface area (Å²) in [5.41, 5.74) is 1.31. The van der Waals surface area contributed by atoms with Crippen LogP contribution in [0.2, 0.25) is 0 Å². The van der Waals surface area contributed by atoms with Gasteiger partial charge in [0.15, 0.2) is 5.82 Å². The number of hydrogen-bond acceptors (Lipinski definition) is 3. The molecule has 1 N–H and O–H groups in total. The minimum Gasteiger partial charge on any atom is -0.320 e. The van der Waals surface area contributed by atoms with Crippen molar-refractivity contribution in [2.75, 3.05) is 16.1 Å². The van der Waals surface area contributed by atoms with Gasteiger partial charge in [-0.25, -0.2) is 4.98 Å². The lowest BCUT2D eigenvalue weighted by Gasteiger charge is -2.22. The number of hydrogen-bond donors (Lipinski definition) is 1. The van der Waals surface area contributed by atoms with E-state index in [1.165, 1.54) is 11.1 Å². The van der Waals surface area contributed by atoms with Gasteiger partial charge in [-0.15, -0.1) is 11.6 Å². The summed E-state index contributed by atoms with van der Waals surface area (Å²) in [5.74, 6) is -0.659. The van der Waals surface area contributed by atoms with E-state index in [2.05, 4.69) is 42.2 Å². The van der Waals surface area contributed by atoms with Crippen LogP contribution in [-0.2, 0) is 4.79 Å². The second-order valence-corrected chi connectivity index (χ2v) is 6.45. The fourth-order valence-electron chi connectivity index (χ4n) is 2.19. The van der Waals surface area contributed by atoms with Crippen molar-refractivity contribution < 1.29 is 9.59 Å². The Bertz CT molecular complexity index is 798. The van der Waals surface area contributed by atoms with Crippen molar-refractivity contribution in [3.8, 4) is 0 Å². The van der Waals surface area contributed by atoms with Crippen LogP contribution < -0.4 is 10.2 Å². The third kappa shape index (κ3) is 2.53. The number of halogens is 3. The summed E-state index contributed by atoms with van der Waals surface area (Å²) in [4.78, 5) is 30.3. The minimum atomic E-state index is -0.367. The molecular weight excluding hydrogens is 437 g/mol. The normalized spacial score (nSPS) is 13.0. The van der Waals surface area contributed by atoms with Gasteiger partial charge in [-0.1, -0.05) is 0 Å². The van der Waals surface area contributed by atoms with E-state index in [0.29, 0.717) is 16.9 Å². The van der Waals surface area contributed by atoms with Crippen LogP contribution in [0, 0.1) is 0 Å². The number of pyridine rings is 1. The Labute approximate surface area is 147 Å². The number of anilines is 3. The highest BCUT2D eigenvalue weighted by Crippen LogP contribution is 2.41. The summed E-state index contributed by atoms with van der Waals surface area (Å²) in [7, 11) is 0. The first-order chi connectivity index (χ1) is 10.5. The van der Waals surface area contributed by atoms with Crippen molar-refractivity contribution in [1.29, 1.82) is 0 Å². The summed E-state index contributed by atoms with van der Waals surface area (Å²) in [6.45, 7) is 0. The van der Waals surface area contributed by atoms with Gasteiger partial charge in [0, 0.05) is 15.1 Å². The number of nitrogens with zero attached hydrogens (tertiary/aromatic N) is 2. The number of aromatic nitrogens is 1. The topological polar surface area (TPSA) is 62.3 Å². The summed E-state index contributed by atoms with van der Waals surface area (Å²) in [6.07, 6.45) is 1.53. The van der Waals surface area contributed by atoms with Gasteiger partial charge >= 0.3 is 0 Å². The summed E-state index contributed by atoms with van der Waals surface area (Å²) in [6, 6.07) is 6.71. The lowest BCUT2D eigenvalue weighted by Crippen LogP contribution is -2.28. The summed E-state index contributed by atoms with van der Waals surface area (Å²) in [5, 5.41) is 2.79. The predicted molar refractivity (Wildman–Crippen MR) is 91.9 cm³/mol. The van der Waals surface area contributed by atoms with Crippen LogP contribution in [0.3, 0.4) is 0 Å². The molecule has 2 amide bonds. The van der Waals surface area contributed by atoms with E-state index in [1.54, 1.807) is 24.3 Å². The molecule has 5 nitrogen and oxygen atoms in total. The van der Waals surface area contributed by atoms with Gasteiger partial charge in [0.05, 0.1) is 16.9 Å². The van der Waals surface area contributed by atoms with Gasteiger partial charge in [0.1, 0.15) is 5.88 Å². The molecular formula is C14H8Br2ClN3O2. The molecule has 0 saturated carbocycles. The summed E-state index contributed by atoms with van der Waals surface area (Å²) < 4.78 is 1.50. The van der Waals surface area contributed by atoms with Crippen molar-refractivity contribution in [2.45, 2.75) is 0 Å². The third-order valence-electron chi connectivity index (χ3n) is 3.13. The second-order valence-electron chi connectivity index (χ2n) is 4.47. The van der Waals surface area contributed by atoms with Gasteiger partial charge < -0.3 is 5.32 Å². The maximum Gasteiger partial charge on any atom is 0.259 e. The van der Waals surface area contributed by atoms with E-state index in [-0.39, 0.29) is 23.5 Å². The molecule has 2 aromatic rings. The zero-order valence-corrected chi connectivity index (χ0v) is 14.9. The average molecular weight is 445 g/mol. The van der Waals surface area contributed by atoms with Crippen LogP contribution in [0.25, 0.3) is 0 Å². The molecule has 0 fully saturated rings. The quantitative estimate of drug-likeness (QED) is 0.673. The molecule has 0 unspecified atom stereocenters. The summed E-state index contributed by atoms with van der Waals surface area (Å²) >= 11 is 12.5. The fourth-order valence-corrected chi connectivity index (χ4v) is 2.98. The SMILES string of the molecule is O=C1Nc2cc(Br)c(Br)cc2N(C(=O)CCl)c2ncccc21. The Kier molecular flexibility index (Phi) is 4.20. The lowest BCUT2D eigenvalue weighted by atomic mass is 10.2. The van der Waals surface area contributed by atoms with E-state index in [4.69, 9.17) is 11.6 Å². The second kappa shape index (κ2) is 5.98. The van der Waals surface area contributed by atoms with E-state index in [1.807, 2.05) is 0 Å². The van der Waals surface area contributed by atoms with Crippen LogP contribution in [0.5, 0.6) is 0 Å². The minimum absolute atomic E-state index is 0.225. The number of rotatable bonds is 1. The highest BCUT2D eigenvalue weighted by Gasteiger charge is 2.30. The van der Waals surface area contributed by atoms with Gasteiger partial charge in [0.2, 0.25) is 5.91 Å². The van der Waals surface area contributed by atoms with Crippen molar-refractivity contribution in [1.82, 2.24) is 4.98 Å². The standard InChI is InChI=1S/C14H8Br2ClN3O2/c15-8-4-10-11(5-9(8)16)20(12(21)6-17)13-7(14(22)19-10)2-1-3-18-13/h1-5H,6H2,(H,19,22). The largest absolute Gasteiger partial charge is 0.320 e. The van der Waals surface area contributed by atoms with Gasteiger partial charge in [-0.3, -0.25) is 14.5 Å². The van der Waals surface area contributed by atoms with Crippen LogP contribution in [0.4, 0.5) is 17.2 Å². The molecule has 22 heavy (non-hydrogen) atoms. The molecule has 1 aromatic carbocycles. The van der Waals surface area contributed by atoms with Gasteiger partial charge in [0.25, 0.3) is 5.91 Å². The van der Waals surface area contributed by atoms with Crippen molar-refractivity contribution >= 4 is 72.5 Å². The predicted octanol–water partition coefficient (Wildman–Crippen LogP) is 4.08. The molecule has 3 rings (SSSR count). The molecule has 1 aromatic heterocycles. The number of benzene rings is 1. The van der Waals surface area contributed by atoms with Crippen molar-refractivity contribution in [3.05, 3.63) is 45.0 Å². The molecule has 112 valence electrons. The highest BCUT2D eigenvalue weighted by atomic mass is 79.9. The molecule has 0 saturated heterocycles. The molecule has 0 aliphatic carbocycles. The Morgan fingerprint density at radius 1 is 1.32 bits per heavy atom. The first kappa shape index (κ1) is 15.5. The zero-order valence-electron chi connectivity index (χ0n) is 10.9. The highest BCUT2D eigenvalue weighted by molar-refractivity contribution is 9.13. The Balaban J connectivity index is 2.32. The van der Waals surface area contributed by atoms with Gasteiger partial charge in [-0.2, -0.15) is 0 Å². The maximum absolute atomic E-state index is 12.4. The smallest absolute Gasteiger partial charge is 0.259 e. The molecule has 0 spiro atoms. The average Bonchev–Trinajstić information content (AvgIpc) is 2.62. The van der Waals surface area contributed by atoms with Crippen LogP contribution >= 0.6 is 43.5 Å². The lowest BCUT2D eigenvalue weighted by molar-refractivity contribution is -0.115. The number of nitrogens with one attached hydrogen (secondary N) is 1. The Hall–Kier alpha value is -1.44. The number of fused-ring (bicyclic) bond motifs is 2. The molecule has 1 aliphatic rings. The molecule has 8 heteroatoms. The number of carbonyl (C=O) groups excluding carboxylic acids is 2. The van der Waals surface area contributed by atoms with Crippen LogP contribution in [0.1, 0.15) is 10.4 Å². The van der Waals surface area contributed by atoms with Crippen molar-refractivity contribution in [2.24, 2.45) is 0 Å². The number of alkyl halides is 1. The van der Waals surface area contributed by atoms with Gasteiger partial charge in [-0.05, 0) is 56.1 Å². The molecule has 1 aliphatic heterocycles. The van der Waals surface area contributed by atoms with Crippen molar-refractivity contribution in [3.63, 3.8) is 0 Å². The fraction of sp³-hybridized carbons (Fsp3) is 0.0714. The van der Waals surface area contributed by atoms with E-state index >= 15 is 0 Å². The first-order valence-corrected chi connectivity index (χ1v) is 8.29.